The van der Waals surface area contributed by atoms with Gasteiger partial charge in [-0.05, 0) is 33.4 Å². The van der Waals surface area contributed by atoms with Gasteiger partial charge in [0.25, 0.3) is 0 Å². The third-order valence-electron chi connectivity index (χ3n) is 3.17. The number of carbonyl (C=O) groups excluding carboxylic acids is 1. The first-order valence-electron chi connectivity index (χ1n) is 5.73. The van der Waals surface area contributed by atoms with E-state index in [4.69, 9.17) is 5.73 Å². The Hall–Kier alpha value is -0.610. The first-order valence-corrected chi connectivity index (χ1v) is 5.73. The largest absolute Gasteiger partial charge is 0.343 e. The fraction of sp³-hybridized carbons (Fsp3) is 0.909. The highest BCUT2D eigenvalue weighted by molar-refractivity contribution is 5.80. The van der Waals surface area contributed by atoms with Gasteiger partial charge in [0.15, 0.2) is 0 Å². The van der Waals surface area contributed by atoms with Crippen molar-refractivity contribution in [2.24, 2.45) is 5.73 Å². The molecule has 1 fully saturated rings. The number of likely N-dealkylation sites (N-methyl/N-ethyl adjacent to an activating group) is 2. The van der Waals surface area contributed by atoms with Crippen molar-refractivity contribution in [3.05, 3.63) is 0 Å². The van der Waals surface area contributed by atoms with E-state index in [-0.39, 0.29) is 11.9 Å². The Balaban J connectivity index is 2.42. The fourth-order valence-electron chi connectivity index (χ4n) is 2.13. The normalized spacial score (nSPS) is 24.9. The topological polar surface area (TPSA) is 49.6 Å². The molecule has 1 aliphatic heterocycles. The van der Waals surface area contributed by atoms with E-state index in [1.807, 2.05) is 7.05 Å². The summed E-state index contributed by atoms with van der Waals surface area (Å²) in [7, 11) is 3.97. The zero-order valence-electron chi connectivity index (χ0n) is 10.1. The van der Waals surface area contributed by atoms with Gasteiger partial charge >= 0.3 is 0 Å². The Morgan fingerprint density at radius 3 is 2.80 bits per heavy atom. The van der Waals surface area contributed by atoms with Gasteiger partial charge in [0, 0.05) is 19.6 Å². The molecule has 15 heavy (non-hydrogen) atoms. The Labute approximate surface area is 92.4 Å². The van der Waals surface area contributed by atoms with Crippen LogP contribution in [0.3, 0.4) is 0 Å². The van der Waals surface area contributed by atoms with Gasteiger partial charge in [0.05, 0.1) is 6.04 Å². The first-order chi connectivity index (χ1) is 7.02. The molecule has 4 nitrogen and oxygen atoms in total. The molecular weight excluding hydrogens is 190 g/mol. The van der Waals surface area contributed by atoms with Crippen LogP contribution in [0.1, 0.15) is 26.2 Å². The van der Waals surface area contributed by atoms with Crippen molar-refractivity contribution in [1.29, 1.82) is 0 Å². The minimum Gasteiger partial charge on any atom is -0.343 e. The van der Waals surface area contributed by atoms with Crippen LogP contribution in [0.2, 0.25) is 0 Å². The van der Waals surface area contributed by atoms with Gasteiger partial charge in [0.1, 0.15) is 0 Å². The highest BCUT2D eigenvalue weighted by atomic mass is 16.2. The lowest BCUT2D eigenvalue weighted by Gasteiger charge is -2.35. The maximum atomic E-state index is 11.6. The molecule has 0 spiro atoms. The van der Waals surface area contributed by atoms with Crippen LogP contribution < -0.4 is 5.73 Å². The Kier molecular flexibility index (Phi) is 4.54. The summed E-state index contributed by atoms with van der Waals surface area (Å²) in [6, 6.07) is 0.121. The molecule has 0 aromatic rings. The van der Waals surface area contributed by atoms with Gasteiger partial charge in [-0.15, -0.1) is 0 Å². The molecule has 2 N–H and O–H groups in total. The highest BCUT2D eigenvalue weighted by Gasteiger charge is 2.23. The molecule has 1 rings (SSSR count). The summed E-state index contributed by atoms with van der Waals surface area (Å²) in [6.07, 6.45) is 3.74. The van der Waals surface area contributed by atoms with Crippen molar-refractivity contribution >= 4 is 5.91 Å². The van der Waals surface area contributed by atoms with Crippen molar-refractivity contribution in [3.63, 3.8) is 0 Å². The molecule has 1 heterocycles. The Bertz CT molecular complexity index is 218. The van der Waals surface area contributed by atoms with Gasteiger partial charge in [-0.2, -0.15) is 0 Å². The number of carbonyl (C=O) groups is 1. The lowest BCUT2D eigenvalue weighted by molar-refractivity contribution is -0.131. The molecule has 0 unspecified atom stereocenters. The molecule has 2 atom stereocenters. The summed E-state index contributed by atoms with van der Waals surface area (Å²) in [4.78, 5) is 15.7. The standard InChI is InChI=1S/C11H23N3O/c1-9(12)11(15)14(3)8-10-6-4-5-7-13(10)2/h9-10H,4-8,12H2,1-3H3/t9-,10-/m0/s1. The summed E-state index contributed by atoms with van der Waals surface area (Å²) in [5.41, 5.74) is 5.57. The van der Waals surface area contributed by atoms with Gasteiger partial charge in [-0.1, -0.05) is 6.42 Å². The highest BCUT2D eigenvalue weighted by Crippen LogP contribution is 2.15. The first kappa shape index (κ1) is 12.5. The summed E-state index contributed by atoms with van der Waals surface area (Å²) < 4.78 is 0. The minimum absolute atomic E-state index is 0.0361. The quantitative estimate of drug-likeness (QED) is 0.732. The molecule has 1 amide bonds. The molecule has 0 saturated carbocycles. The molecule has 0 aromatic carbocycles. The van der Waals surface area contributed by atoms with Gasteiger partial charge in [-0.25, -0.2) is 0 Å². The van der Waals surface area contributed by atoms with Crippen LogP contribution >= 0.6 is 0 Å². The van der Waals surface area contributed by atoms with Crippen molar-refractivity contribution in [3.8, 4) is 0 Å². The molecule has 0 aromatic heterocycles. The fourth-order valence-corrected chi connectivity index (χ4v) is 2.13. The van der Waals surface area contributed by atoms with Crippen LogP contribution in [0.4, 0.5) is 0 Å². The second kappa shape index (κ2) is 5.47. The maximum Gasteiger partial charge on any atom is 0.238 e. The number of likely N-dealkylation sites (tertiary alicyclic amines) is 1. The number of piperidine rings is 1. The van der Waals surface area contributed by atoms with E-state index >= 15 is 0 Å². The van der Waals surface area contributed by atoms with Crippen molar-refractivity contribution < 1.29 is 4.79 Å². The van der Waals surface area contributed by atoms with Gasteiger partial charge in [-0.3, -0.25) is 4.79 Å². The second-order valence-corrected chi connectivity index (χ2v) is 4.64. The molecule has 0 radical (unpaired) electrons. The molecular formula is C11H23N3O. The Morgan fingerprint density at radius 1 is 1.60 bits per heavy atom. The van der Waals surface area contributed by atoms with E-state index in [1.165, 1.54) is 19.3 Å². The van der Waals surface area contributed by atoms with Crippen LogP contribution in [-0.2, 0) is 4.79 Å². The third-order valence-corrected chi connectivity index (χ3v) is 3.17. The van der Waals surface area contributed by atoms with Crippen molar-refractivity contribution in [2.75, 3.05) is 27.2 Å². The number of amides is 1. The van der Waals surface area contributed by atoms with E-state index in [0.717, 1.165) is 13.1 Å². The number of rotatable bonds is 3. The minimum atomic E-state index is -0.385. The van der Waals surface area contributed by atoms with Crippen LogP contribution in [0, 0.1) is 0 Å². The average molecular weight is 213 g/mol. The lowest BCUT2D eigenvalue weighted by atomic mass is 10.0. The summed E-state index contributed by atoms with van der Waals surface area (Å²) in [5, 5.41) is 0. The zero-order chi connectivity index (χ0) is 11.4. The maximum absolute atomic E-state index is 11.6. The van der Waals surface area contributed by atoms with E-state index in [2.05, 4.69) is 11.9 Å². The van der Waals surface area contributed by atoms with E-state index < -0.39 is 0 Å². The molecule has 4 heteroatoms. The van der Waals surface area contributed by atoms with Crippen LogP contribution in [0.5, 0.6) is 0 Å². The number of hydrogen-bond acceptors (Lipinski definition) is 3. The molecule has 1 saturated heterocycles. The number of nitrogens with zero attached hydrogens (tertiary/aromatic N) is 2. The summed E-state index contributed by atoms with van der Waals surface area (Å²) >= 11 is 0. The molecule has 1 aliphatic rings. The predicted molar refractivity (Wildman–Crippen MR) is 61.6 cm³/mol. The summed E-state index contributed by atoms with van der Waals surface area (Å²) in [5.74, 6) is 0.0361. The van der Waals surface area contributed by atoms with Crippen LogP contribution in [0.25, 0.3) is 0 Å². The molecule has 0 bridgehead atoms. The second-order valence-electron chi connectivity index (χ2n) is 4.64. The average Bonchev–Trinajstić information content (AvgIpc) is 2.20. The van der Waals surface area contributed by atoms with Gasteiger partial charge < -0.3 is 15.5 Å². The van der Waals surface area contributed by atoms with E-state index in [9.17, 15) is 4.79 Å². The van der Waals surface area contributed by atoms with E-state index in [0.29, 0.717) is 6.04 Å². The predicted octanol–water partition coefficient (Wildman–Crippen LogP) is 0.276. The van der Waals surface area contributed by atoms with Crippen LogP contribution in [0.15, 0.2) is 0 Å². The van der Waals surface area contributed by atoms with Gasteiger partial charge in [0.2, 0.25) is 5.91 Å². The van der Waals surface area contributed by atoms with Crippen LogP contribution in [-0.4, -0.2) is 55.0 Å². The van der Waals surface area contributed by atoms with Crippen molar-refractivity contribution in [1.82, 2.24) is 9.80 Å². The molecule has 0 aliphatic carbocycles. The van der Waals surface area contributed by atoms with E-state index in [1.54, 1.807) is 11.8 Å². The smallest absolute Gasteiger partial charge is 0.238 e. The molecule has 88 valence electrons. The van der Waals surface area contributed by atoms with Crippen molar-refractivity contribution in [2.45, 2.75) is 38.3 Å². The third kappa shape index (κ3) is 3.47. The Morgan fingerprint density at radius 2 is 2.27 bits per heavy atom. The zero-order valence-corrected chi connectivity index (χ0v) is 10.1. The SMILES string of the molecule is C[C@H](N)C(=O)N(C)C[C@@H]1CCCCN1C. The summed E-state index contributed by atoms with van der Waals surface area (Å²) in [6.45, 7) is 3.69. The number of nitrogens with two attached hydrogens (primary N) is 1. The lowest BCUT2D eigenvalue weighted by Crippen LogP contribution is -2.48. The monoisotopic (exact) mass is 213 g/mol. The number of hydrogen-bond donors (Lipinski definition) is 1.